The van der Waals surface area contributed by atoms with Gasteiger partial charge in [0.15, 0.2) is 0 Å². The normalized spacial score (nSPS) is 11.6. The van der Waals surface area contributed by atoms with Gasteiger partial charge in [0, 0.05) is 10.9 Å². The van der Waals surface area contributed by atoms with Gasteiger partial charge < -0.3 is 10.2 Å². The summed E-state index contributed by atoms with van der Waals surface area (Å²) in [6.45, 7) is 1.91. The smallest absolute Gasteiger partial charge is 0.342 e. The van der Waals surface area contributed by atoms with Crippen molar-refractivity contribution in [1.82, 2.24) is 15.2 Å². The van der Waals surface area contributed by atoms with Crippen LogP contribution < -0.4 is 5.11 Å². The van der Waals surface area contributed by atoms with E-state index in [9.17, 15) is 15.0 Å². The van der Waals surface area contributed by atoms with E-state index in [1.807, 2.05) is 6.92 Å². The van der Waals surface area contributed by atoms with E-state index in [-0.39, 0.29) is 10.7 Å². The predicted molar refractivity (Wildman–Crippen MR) is 80.8 cm³/mol. The Morgan fingerprint density at radius 3 is 2.95 bits per heavy atom. The first-order valence-corrected chi connectivity index (χ1v) is 7.61. The lowest BCUT2D eigenvalue weighted by Crippen LogP contribution is -1.99. The largest absolute Gasteiger partial charge is 0.872 e. The summed E-state index contributed by atoms with van der Waals surface area (Å²) in [5.74, 6) is -0.710. The topological polar surface area (TPSA) is 102 Å². The Morgan fingerprint density at radius 2 is 2.33 bits per heavy atom. The van der Waals surface area contributed by atoms with Crippen molar-refractivity contribution in [3.63, 3.8) is 0 Å². The SMILES string of the molecule is CCc1nc(S/C(=C\c2cc(Br)ccc2[O-])C(=O)O)n[nH]1. The van der Waals surface area contributed by atoms with Gasteiger partial charge in [-0.3, -0.25) is 5.10 Å². The van der Waals surface area contributed by atoms with Gasteiger partial charge in [-0.05, 0) is 35.5 Å². The fourth-order valence-corrected chi connectivity index (χ4v) is 2.58. The number of carbonyl (C=O) groups is 1. The van der Waals surface area contributed by atoms with Crippen molar-refractivity contribution in [2.45, 2.75) is 18.5 Å². The number of nitrogens with one attached hydrogen (secondary N) is 1. The number of thioether (sulfide) groups is 1. The Kier molecular flexibility index (Phi) is 5.03. The van der Waals surface area contributed by atoms with Crippen molar-refractivity contribution in [3.8, 4) is 5.75 Å². The van der Waals surface area contributed by atoms with Gasteiger partial charge >= 0.3 is 5.97 Å². The number of aromatic amines is 1. The molecule has 0 saturated heterocycles. The number of aryl methyl sites for hydroxylation is 1. The predicted octanol–water partition coefficient (Wildman–Crippen LogP) is 2.42. The van der Waals surface area contributed by atoms with Crippen molar-refractivity contribution in [2.24, 2.45) is 0 Å². The molecule has 0 saturated carbocycles. The molecule has 2 aromatic rings. The molecule has 2 rings (SSSR count). The molecule has 0 atom stereocenters. The van der Waals surface area contributed by atoms with E-state index in [2.05, 4.69) is 31.1 Å². The maximum Gasteiger partial charge on any atom is 0.342 e. The van der Waals surface area contributed by atoms with Crippen molar-refractivity contribution < 1.29 is 15.0 Å². The average molecular weight is 369 g/mol. The van der Waals surface area contributed by atoms with Crippen LogP contribution in [0.15, 0.2) is 32.7 Å². The number of aromatic nitrogens is 3. The molecule has 1 aromatic heterocycles. The molecule has 0 radical (unpaired) electrons. The second-order valence-electron chi connectivity index (χ2n) is 4.02. The zero-order valence-corrected chi connectivity index (χ0v) is 13.4. The third-order valence-electron chi connectivity index (χ3n) is 2.52. The zero-order chi connectivity index (χ0) is 15.4. The van der Waals surface area contributed by atoms with Gasteiger partial charge in [-0.2, -0.15) is 0 Å². The lowest BCUT2D eigenvalue weighted by molar-refractivity contribution is -0.268. The number of halogens is 1. The molecule has 1 heterocycles. The van der Waals surface area contributed by atoms with E-state index in [0.29, 0.717) is 27.4 Å². The van der Waals surface area contributed by atoms with Crippen LogP contribution >= 0.6 is 27.7 Å². The fourth-order valence-electron chi connectivity index (χ4n) is 1.49. The van der Waals surface area contributed by atoms with Gasteiger partial charge in [0.2, 0.25) is 5.16 Å². The Hall–Kier alpha value is -1.80. The minimum absolute atomic E-state index is 0.0214. The molecule has 0 fully saturated rings. The molecule has 0 amide bonds. The Labute approximate surface area is 133 Å². The van der Waals surface area contributed by atoms with E-state index in [1.54, 1.807) is 12.1 Å². The summed E-state index contributed by atoms with van der Waals surface area (Å²) in [6, 6.07) is 4.55. The number of H-pyrrole nitrogens is 1. The van der Waals surface area contributed by atoms with Crippen LogP contribution in [0.3, 0.4) is 0 Å². The second kappa shape index (κ2) is 6.77. The minimum atomic E-state index is -1.14. The van der Waals surface area contributed by atoms with Crippen molar-refractivity contribution in [1.29, 1.82) is 0 Å². The Balaban J connectivity index is 2.32. The lowest BCUT2D eigenvalue weighted by atomic mass is 10.2. The summed E-state index contributed by atoms with van der Waals surface area (Å²) in [5, 5.41) is 27.9. The van der Waals surface area contributed by atoms with E-state index in [0.717, 1.165) is 11.8 Å². The second-order valence-corrected chi connectivity index (χ2v) is 5.94. The van der Waals surface area contributed by atoms with Crippen LogP contribution in [0.4, 0.5) is 0 Å². The summed E-state index contributed by atoms with van der Waals surface area (Å²) in [7, 11) is 0. The third-order valence-corrected chi connectivity index (χ3v) is 3.89. The molecule has 0 aliphatic heterocycles. The van der Waals surface area contributed by atoms with Gasteiger partial charge in [0.1, 0.15) is 10.7 Å². The Morgan fingerprint density at radius 1 is 1.57 bits per heavy atom. The first kappa shape index (κ1) is 15.6. The van der Waals surface area contributed by atoms with Gasteiger partial charge in [-0.25, -0.2) is 9.78 Å². The number of nitrogens with zero attached hydrogens (tertiary/aromatic N) is 2. The molecule has 0 unspecified atom stereocenters. The molecule has 8 heteroatoms. The molecular weight excluding hydrogens is 358 g/mol. The van der Waals surface area contributed by atoms with Crippen LogP contribution in [-0.4, -0.2) is 26.3 Å². The number of aliphatic carboxylic acids is 1. The van der Waals surface area contributed by atoms with Crippen LogP contribution in [0, 0.1) is 0 Å². The molecule has 0 aliphatic rings. The maximum absolute atomic E-state index is 11.7. The summed E-state index contributed by atoms with van der Waals surface area (Å²) in [5.41, 5.74) is 0.292. The molecule has 1 aromatic carbocycles. The third kappa shape index (κ3) is 4.08. The molecular formula is C13H11BrN3O3S-. The summed E-state index contributed by atoms with van der Waals surface area (Å²) >= 11 is 4.15. The summed E-state index contributed by atoms with van der Waals surface area (Å²) in [4.78, 5) is 15.4. The van der Waals surface area contributed by atoms with Crippen molar-refractivity contribution in [2.75, 3.05) is 0 Å². The maximum atomic E-state index is 11.7. The first-order chi connectivity index (χ1) is 9.99. The highest BCUT2D eigenvalue weighted by atomic mass is 79.9. The number of hydrogen-bond donors (Lipinski definition) is 2. The van der Waals surface area contributed by atoms with E-state index in [4.69, 9.17) is 0 Å². The molecule has 0 spiro atoms. The molecule has 0 aliphatic carbocycles. The van der Waals surface area contributed by atoms with Gasteiger partial charge in [0.25, 0.3) is 0 Å². The van der Waals surface area contributed by atoms with Gasteiger partial charge in [-0.1, -0.05) is 28.9 Å². The van der Waals surface area contributed by atoms with Gasteiger partial charge in [0.05, 0.1) is 0 Å². The average Bonchev–Trinajstić information content (AvgIpc) is 2.89. The minimum Gasteiger partial charge on any atom is -0.872 e. The van der Waals surface area contributed by atoms with Crippen LogP contribution in [0.5, 0.6) is 5.75 Å². The Bertz CT molecular complexity index is 700. The number of carboxylic acid groups (broad SMARTS) is 1. The molecule has 2 N–H and O–H groups in total. The lowest BCUT2D eigenvalue weighted by Gasteiger charge is -2.11. The van der Waals surface area contributed by atoms with Crippen LogP contribution in [0.25, 0.3) is 6.08 Å². The van der Waals surface area contributed by atoms with Gasteiger partial charge in [-0.15, -0.1) is 10.8 Å². The standard InChI is InChI=1S/C13H12BrN3O3S/c1-2-11-15-13(17-16-11)21-10(12(19)20)6-7-5-8(14)3-4-9(7)18/h3-6,18H,2H2,1H3,(H,19,20)(H,15,16,17)/p-1/b10-6-. The monoisotopic (exact) mass is 368 g/mol. The molecule has 0 bridgehead atoms. The van der Waals surface area contributed by atoms with E-state index >= 15 is 0 Å². The first-order valence-electron chi connectivity index (χ1n) is 6.00. The number of benzene rings is 1. The number of hydrogen-bond acceptors (Lipinski definition) is 5. The van der Waals surface area contributed by atoms with E-state index < -0.39 is 5.97 Å². The highest BCUT2D eigenvalue weighted by molar-refractivity contribution is 9.10. The number of rotatable bonds is 5. The van der Waals surface area contributed by atoms with Crippen LogP contribution in [0.1, 0.15) is 18.3 Å². The highest BCUT2D eigenvalue weighted by Gasteiger charge is 2.13. The van der Waals surface area contributed by atoms with Crippen molar-refractivity contribution >= 4 is 39.7 Å². The molecule has 21 heavy (non-hydrogen) atoms. The quantitative estimate of drug-likeness (QED) is 0.620. The summed E-state index contributed by atoms with van der Waals surface area (Å²) in [6.07, 6.45) is 2.00. The van der Waals surface area contributed by atoms with Crippen molar-refractivity contribution in [3.05, 3.63) is 39.0 Å². The molecule has 6 nitrogen and oxygen atoms in total. The highest BCUT2D eigenvalue weighted by Crippen LogP contribution is 2.29. The van der Waals surface area contributed by atoms with Crippen LogP contribution in [0.2, 0.25) is 0 Å². The summed E-state index contributed by atoms with van der Waals surface area (Å²) < 4.78 is 0.703. The number of carboxylic acids is 1. The zero-order valence-electron chi connectivity index (χ0n) is 11.0. The fraction of sp³-hybridized carbons (Fsp3) is 0.154. The van der Waals surface area contributed by atoms with Crippen LogP contribution in [-0.2, 0) is 11.2 Å². The molecule has 110 valence electrons. The van der Waals surface area contributed by atoms with E-state index in [1.165, 1.54) is 12.1 Å².